The predicted molar refractivity (Wildman–Crippen MR) is 240 cm³/mol. The van der Waals surface area contributed by atoms with Crippen LogP contribution in [0.4, 0.5) is 11.4 Å². The summed E-state index contributed by atoms with van der Waals surface area (Å²) < 4.78 is 6.39. The molecule has 2 nitrogen and oxygen atoms in total. The molecular weight excluding hydrogens is 691 g/mol. The summed E-state index contributed by atoms with van der Waals surface area (Å²) in [5.74, 6) is 0. The highest BCUT2D eigenvalue weighted by atomic mass is 16.3. The molecule has 0 saturated heterocycles. The molecule has 0 fully saturated rings. The number of para-hydroxylation sites is 2. The molecule has 2 heteroatoms. The Bertz CT molecular complexity index is 3190. The van der Waals surface area contributed by atoms with Crippen LogP contribution in [-0.4, -0.2) is 0 Å². The van der Waals surface area contributed by atoms with Crippen molar-refractivity contribution < 1.29 is 4.42 Å². The van der Waals surface area contributed by atoms with Gasteiger partial charge < -0.3 is 9.73 Å². The van der Waals surface area contributed by atoms with E-state index in [1.807, 2.05) is 12.1 Å². The Morgan fingerprint density at radius 2 is 1.00 bits per heavy atom. The lowest BCUT2D eigenvalue weighted by atomic mass is 9.81. The van der Waals surface area contributed by atoms with Crippen LogP contribution in [-0.2, 0) is 5.41 Å². The van der Waals surface area contributed by atoms with Gasteiger partial charge in [-0.25, -0.2) is 0 Å². The van der Waals surface area contributed by atoms with Crippen LogP contribution >= 0.6 is 0 Å². The van der Waals surface area contributed by atoms with Gasteiger partial charge in [0.05, 0.1) is 0 Å². The molecule has 0 bridgehead atoms. The van der Waals surface area contributed by atoms with Gasteiger partial charge in [-0.15, -0.1) is 0 Å². The summed E-state index contributed by atoms with van der Waals surface area (Å²) in [6.07, 6.45) is 0. The average Bonchev–Trinajstić information content (AvgIpc) is 3.74. The molecule has 0 unspecified atom stereocenters. The van der Waals surface area contributed by atoms with Gasteiger partial charge in [-0.2, -0.15) is 0 Å². The Labute approximate surface area is 332 Å². The lowest BCUT2D eigenvalue weighted by molar-refractivity contribution is 0.661. The van der Waals surface area contributed by atoms with E-state index >= 15 is 0 Å². The van der Waals surface area contributed by atoms with Crippen LogP contribution in [0.2, 0.25) is 0 Å². The number of nitrogens with one attached hydrogen (secondary N) is 1. The minimum absolute atomic E-state index is 0.162. The van der Waals surface area contributed by atoms with Crippen LogP contribution in [0.5, 0.6) is 0 Å². The van der Waals surface area contributed by atoms with E-state index in [4.69, 9.17) is 4.42 Å². The van der Waals surface area contributed by atoms with Crippen molar-refractivity contribution in [2.75, 3.05) is 5.32 Å². The molecule has 1 aromatic heterocycles. The third kappa shape index (κ3) is 5.56. The highest BCUT2D eigenvalue weighted by Gasteiger charge is 2.36. The molecule has 0 aliphatic heterocycles. The second kappa shape index (κ2) is 13.0. The van der Waals surface area contributed by atoms with Crippen LogP contribution < -0.4 is 5.32 Å². The highest BCUT2D eigenvalue weighted by molar-refractivity contribution is 6.06. The number of hydrogen-bond acceptors (Lipinski definition) is 2. The van der Waals surface area contributed by atoms with E-state index in [-0.39, 0.29) is 5.41 Å². The molecule has 0 spiro atoms. The summed E-state index contributed by atoms with van der Waals surface area (Å²) in [7, 11) is 0. The molecular formula is C55H39NO. The number of hydrogen-bond donors (Lipinski definition) is 1. The van der Waals surface area contributed by atoms with Gasteiger partial charge in [0.25, 0.3) is 0 Å². The van der Waals surface area contributed by atoms with Gasteiger partial charge in [0.2, 0.25) is 0 Å². The summed E-state index contributed by atoms with van der Waals surface area (Å²) in [5, 5.41) is 8.67. The molecule has 57 heavy (non-hydrogen) atoms. The molecule has 270 valence electrons. The van der Waals surface area contributed by atoms with Gasteiger partial charge in [-0.3, -0.25) is 0 Å². The fraction of sp³-hybridized carbons (Fsp3) is 0.0545. The van der Waals surface area contributed by atoms with Crippen LogP contribution in [0, 0.1) is 0 Å². The molecule has 9 aromatic carbocycles. The number of furan rings is 1. The molecule has 0 atom stereocenters. The monoisotopic (exact) mass is 729 g/mol. The third-order valence-electron chi connectivity index (χ3n) is 12.1. The summed E-state index contributed by atoms with van der Waals surface area (Å²) in [5.41, 5.74) is 18.5. The van der Waals surface area contributed by atoms with Crippen LogP contribution in [0.15, 0.2) is 199 Å². The van der Waals surface area contributed by atoms with Gasteiger partial charge >= 0.3 is 0 Å². The summed E-state index contributed by atoms with van der Waals surface area (Å²) >= 11 is 0. The van der Waals surface area contributed by atoms with Gasteiger partial charge in [0.15, 0.2) is 0 Å². The van der Waals surface area contributed by atoms with Crippen LogP contribution in [0.3, 0.4) is 0 Å². The van der Waals surface area contributed by atoms with E-state index in [1.165, 1.54) is 55.3 Å². The zero-order chi connectivity index (χ0) is 38.1. The highest BCUT2D eigenvalue weighted by Crippen LogP contribution is 2.51. The van der Waals surface area contributed by atoms with E-state index < -0.39 is 0 Å². The standard InChI is InChI=1S/C55H39NO/c1-55(2)50-32-40(38-21-20-36-14-6-7-15-37(36)30-38)23-27-44(50)45-29-25-42(34-51(45)55)56-52-18-10-8-16-46(52)43-26-22-39(35-12-4-3-5-13-35)31-49(43)41-24-28-48-47-17-9-11-19-53(47)57-54(48)33-41/h3-34,56H,1-2H3. The topological polar surface area (TPSA) is 25.2 Å². The molecule has 0 saturated carbocycles. The van der Waals surface area contributed by atoms with Gasteiger partial charge in [-0.05, 0) is 127 Å². The van der Waals surface area contributed by atoms with Crippen molar-refractivity contribution in [3.63, 3.8) is 0 Å². The molecule has 1 aliphatic carbocycles. The zero-order valence-corrected chi connectivity index (χ0v) is 31.9. The maximum absolute atomic E-state index is 6.39. The second-order valence-corrected chi connectivity index (χ2v) is 15.8. The van der Waals surface area contributed by atoms with Crippen molar-refractivity contribution in [3.8, 4) is 55.6 Å². The Hall–Kier alpha value is -7.16. The minimum Gasteiger partial charge on any atom is -0.456 e. The molecule has 0 radical (unpaired) electrons. The summed E-state index contributed by atoms with van der Waals surface area (Å²) in [4.78, 5) is 0. The first kappa shape index (κ1) is 33.2. The molecule has 1 N–H and O–H groups in total. The predicted octanol–water partition coefficient (Wildman–Crippen LogP) is 15.5. The molecule has 11 rings (SSSR count). The lowest BCUT2D eigenvalue weighted by Gasteiger charge is -2.23. The zero-order valence-electron chi connectivity index (χ0n) is 31.9. The smallest absolute Gasteiger partial charge is 0.136 e. The fourth-order valence-corrected chi connectivity index (χ4v) is 9.07. The van der Waals surface area contributed by atoms with Gasteiger partial charge in [-0.1, -0.05) is 153 Å². The van der Waals surface area contributed by atoms with E-state index in [9.17, 15) is 0 Å². The Kier molecular flexibility index (Phi) is 7.55. The van der Waals surface area contributed by atoms with Crippen molar-refractivity contribution in [1.29, 1.82) is 0 Å². The maximum Gasteiger partial charge on any atom is 0.136 e. The average molecular weight is 730 g/mol. The van der Waals surface area contributed by atoms with E-state index in [0.717, 1.165) is 55.6 Å². The van der Waals surface area contributed by atoms with Gasteiger partial charge in [0.1, 0.15) is 11.2 Å². The van der Waals surface area contributed by atoms with Crippen molar-refractivity contribution in [3.05, 3.63) is 205 Å². The molecule has 10 aromatic rings. The summed E-state index contributed by atoms with van der Waals surface area (Å²) in [6, 6.07) is 70.3. The van der Waals surface area contributed by atoms with Gasteiger partial charge in [0, 0.05) is 33.1 Å². The second-order valence-electron chi connectivity index (χ2n) is 15.8. The van der Waals surface area contributed by atoms with Crippen LogP contribution in [0.1, 0.15) is 25.0 Å². The normalized spacial score (nSPS) is 12.9. The SMILES string of the molecule is CC1(C)c2cc(Nc3ccccc3-c3ccc(-c4ccccc4)cc3-c3ccc4c(c3)oc3ccccc34)ccc2-c2ccc(-c3ccc4ccccc4c3)cc21. The molecule has 1 aliphatic rings. The summed E-state index contributed by atoms with van der Waals surface area (Å²) in [6.45, 7) is 4.72. The molecule has 0 amide bonds. The largest absolute Gasteiger partial charge is 0.456 e. The Morgan fingerprint density at radius 3 is 1.88 bits per heavy atom. The van der Waals surface area contributed by atoms with Crippen LogP contribution in [0.25, 0.3) is 88.3 Å². The van der Waals surface area contributed by atoms with E-state index in [0.29, 0.717) is 0 Å². The first-order valence-electron chi connectivity index (χ1n) is 19.7. The number of fused-ring (bicyclic) bond motifs is 7. The Balaban J connectivity index is 0.975. The van der Waals surface area contributed by atoms with E-state index in [1.54, 1.807) is 0 Å². The van der Waals surface area contributed by atoms with Crippen molar-refractivity contribution >= 4 is 44.1 Å². The number of rotatable bonds is 6. The lowest BCUT2D eigenvalue weighted by Crippen LogP contribution is -2.15. The quantitative estimate of drug-likeness (QED) is 0.184. The third-order valence-corrected chi connectivity index (χ3v) is 12.1. The first-order chi connectivity index (χ1) is 28.0. The number of benzene rings is 9. The van der Waals surface area contributed by atoms with Crippen molar-refractivity contribution in [2.24, 2.45) is 0 Å². The molecule has 1 heterocycles. The van der Waals surface area contributed by atoms with E-state index in [2.05, 4.69) is 201 Å². The number of anilines is 2. The van der Waals surface area contributed by atoms with Crippen molar-refractivity contribution in [1.82, 2.24) is 0 Å². The van der Waals surface area contributed by atoms with Crippen molar-refractivity contribution in [2.45, 2.75) is 19.3 Å². The first-order valence-corrected chi connectivity index (χ1v) is 19.7. The maximum atomic E-state index is 6.39. The Morgan fingerprint density at radius 1 is 0.368 bits per heavy atom. The minimum atomic E-state index is -0.162. The fourth-order valence-electron chi connectivity index (χ4n) is 9.07.